The second-order valence-corrected chi connectivity index (χ2v) is 8.44. The Labute approximate surface area is 143 Å². The zero-order chi connectivity index (χ0) is 17.2. The average molecular weight is 343 g/mol. The molecule has 1 amide bonds. The zero-order valence-corrected chi connectivity index (χ0v) is 14.5. The van der Waals surface area contributed by atoms with Crippen molar-refractivity contribution in [1.29, 1.82) is 0 Å². The molecule has 0 spiro atoms. The maximum absolute atomic E-state index is 13.1. The molecule has 1 heterocycles. The third-order valence-electron chi connectivity index (χ3n) is 4.46. The fraction of sp³-hybridized carbons (Fsp3) is 0.316. The Balaban J connectivity index is 2.02. The molecule has 24 heavy (non-hydrogen) atoms. The van der Waals surface area contributed by atoms with Crippen LogP contribution in [0.2, 0.25) is 0 Å². The van der Waals surface area contributed by atoms with Gasteiger partial charge in [-0.15, -0.1) is 0 Å². The lowest BCUT2D eigenvalue weighted by Crippen LogP contribution is -2.37. The van der Waals surface area contributed by atoms with Gasteiger partial charge in [0.15, 0.2) is 9.84 Å². The number of carbonyl (C=O) groups is 1. The summed E-state index contributed by atoms with van der Waals surface area (Å²) in [4.78, 5) is 14.8. The Hall–Kier alpha value is -2.14. The van der Waals surface area contributed by atoms with Gasteiger partial charge < -0.3 is 4.90 Å². The van der Waals surface area contributed by atoms with Crippen molar-refractivity contribution < 1.29 is 13.2 Å². The van der Waals surface area contributed by atoms with Gasteiger partial charge in [0.2, 0.25) is 0 Å². The highest BCUT2D eigenvalue weighted by molar-refractivity contribution is 7.91. The molecule has 0 aromatic heterocycles. The van der Waals surface area contributed by atoms with Crippen LogP contribution in [0.5, 0.6) is 0 Å². The fourth-order valence-electron chi connectivity index (χ4n) is 3.19. The average Bonchev–Trinajstić information content (AvgIpc) is 2.73. The van der Waals surface area contributed by atoms with Crippen LogP contribution >= 0.6 is 0 Å². The number of carbonyl (C=O) groups excluding carboxylic acids is 1. The molecule has 1 unspecified atom stereocenters. The molecule has 5 heteroatoms. The van der Waals surface area contributed by atoms with Crippen LogP contribution in [0.1, 0.15) is 33.9 Å². The smallest absolute Gasteiger partial charge is 0.254 e. The molecule has 2 aromatic rings. The Morgan fingerprint density at radius 2 is 1.71 bits per heavy atom. The van der Waals surface area contributed by atoms with Crippen molar-refractivity contribution in [3.63, 3.8) is 0 Å². The molecule has 1 aliphatic rings. The van der Waals surface area contributed by atoms with Crippen molar-refractivity contribution in [2.45, 2.75) is 19.4 Å². The van der Waals surface area contributed by atoms with Crippen molar-refractivity contribution in [2.24, 2.45) is 0 Å². The van der Waals surface area contributed by atoms with Crippen LogP contribution in [0.15, 0.2) is 54.6 Å². The van der Waals surface area contributed by atoms with Crippen LogP contribution in [0, 0.1) is 6.92 Å². The summed E-state index contributed by atoms with van der Waals surface area (Å²) >= 11 is 0. The molecular formula is C19H21NO3S. The molecule has 2 aromatic carbocycles. The highest BCUT2D eigenvalue weighted by atomic mass is 32.2. The Bertz CT molecular complexity index is 831. The summed E-state index contributed by atoms with van der Waals surface area (Å²) < 4.78 is 24.6. The number of rotatable bonds is 2. The van der Waals surface area contributed by atoms with Crippen molar-refractivity contribution in [3.8, 4) is 0 Å². The standard InChI is InChI=1S/C19H21NO3S/c1-15-8-5-6-11-17(15)19(21)20-12-7-13-24(22,23)14-18(20)16-9-3-2-4-10-16/h2-6,8-11,18H,7,12-14H2,1H3. The normalized spacial score (nSPS) is 20.4. The highest BCUT2D eigenvalue weighted by Crippen LogP contribution is 2.28. The van der Waals surface area contributed by atoms with Crippen LogP contribution in [0.25, 0.3) is 0 Å². The monoisotopic (exact) mass is 343 g/mol. The van der Waals surface area contributed by atoms with Crippen molar-refractivity contribution >= 4 is 15.7 Å². The Morgan fingerprint density at radius 3 is 2.42 bits per heavy atom. The zero-order valence-electron chi connectivity index (χ0n) is 13.7. The third-order valence-corrected chi connectivity index (χ3v) is 6.20. The van der Waals surface area contributed by atoms with Crippen LogP contribution in [-0.4, -0.2) is 37.3 Å². The first-order valence-electron chi connectivity index (χ1n) is 8.10. The first kappa shape index (κ1) is 16.7. The molecule has 0 saturated carbocycles. The van der Waals surface area contributed by atoms with E-state index < -0.39 is 15.9 Å². The second kappa shape index (κ2) is 6.77. The molecule has 1 aliphatic heterocycles. The molecule has 1 atom stereocenters. The maximum Gasteiger partial charge on any atom is 0.254 e. The summed E-state index contributed by atoms with van der Waals surface area (Å²) in [6.45, 7) is 2.35. The molecule has 0 radical (unpaired) electrons. The molecular weight excluding hydrogens is 322 g/mol. The lowest BCUT2D eigenvalue weighted by atomic mass is 10.0. The Morgan fingerprint density at radius 1 is 1.04 bits per heavy atom. The van der Waals surface area contributed by atoms with E-state index in [4.69, 9.17) is 0 Å². The quantitative estimate of drug-likeness (QED) is 0.842. The predicted octanol–water partition coefficient (Wildman–Crippen LogP) is 3.00. The number of amides is 1. The van der Waals surface area contributed by atoms with Gasteiger partial charge in [0, 0.05) is 12.1 Å². The summed E-state index contributed by atoms with van der Waals surface area (Å²) in [6.07, 6.45) is 0.475. The molecule has 1 fully saturated rings. The minimum absolute atomic E-state index is 0.0192. The van der Waals surface area contributed by atoms with Crippen LogP contribution < -0.4 is 0 Å². The van der Waals surface area contributed by atoms with E-state index in [0.29, 0.717) is 18.5 Å². The van der Waals surface area contributed by atoms with Crippen LogP contribution in [-0.2, 0) is 9.84 Å². The first-order valence-corrected chi connectivity index (χ1v) is 9.92. The summed E-state index contributed by atoms with van der Waals surface area (Å²) in [5, 5.41) is 0. The molecule has 0 bridgehead atoms. The van der Waals surface area contributed by atoms with Crippen molar-refractivity contribution in [1.82, 2.24) is 4.90 Å². The van der Waals surface area contributed by atoms with Gasteiger partial charge in [-0.2, -0.15) is 0 Å². The lowest BCUT2D eigenvalue weighted by Gasteiger charge is -2.30. The van der Waals surface area contributed by atoms with Crippen molar-refractivity contribution in [3.05, 3.63) is 71.3 Å². The third kappa shape index (κ3) is 3.51. The number of sulfone groups is 1. The van der Waals surface area contributed by atoms with Gasteiger partial charge >= 0.3 is 0 Å². The van der Waals surface area contributed by atoms with Crippen molar-refractivity contribution in [2.75, 3.05) is 18.1 Å². The summed E-state index contributed by atoms with van der Waals surface area (Å²) in [5.74, 6) is 0.0155. The minimum Gasteiger partial charge on any atom is -0.331 e. The number of hydrogen-bond acceptors (Lipinski definition) is 3. The number of nitrogens with zero attached hydrogens (tertiary/aromatic N) is 1. The van der Waals surface area contributed by atoms with Crippen LogP contribution in [0.3, 0.4) is 0 Å². The summed E-state index contributed by atoms with van der Waals surface area (Å²) in [5.41, 5.74) is 2.41. The summed E-state index contributed by atoms with van der Waals surface area (Å²) in [6, 6.07) is 16.4. The van der Waals surface area contributed by atoms with Gasteiger partial charge in [-0.05, 0) is 30.5 Å². The predicted molar refractivity (Wildman–Crippen MR) is 94.7 cm³/mol. The second-order valence-electron chi connectivity index (χ2n) is 6.21. The minimum atomic E-state index is -3.17. The van der Waals surface area contributed by atoms with E-state index in [2.05, 4.69) is 0 Å². The van der Waals surface area contributed by atoms with Gasteiger partial charge in [-0.25, -0.2) is 8.42 Å². The van der Waals surface area contributed by atoms with E-state index in [1.807, 2.05) is 55.5 Å². The van der Waals surface area contributed by atoms with E-state index in [1.165, 1.54) is 0 Å². The van der Waals surface area contributed by atoms with E-state index >= 15 is 0 Å². The molecule has 126 valence electrons. The number of aryl methyl sites for hydroxylation is 1. The number of benzene rings is 2. The molecule has 3 rings (SSSR count). The lowest BCUT2D eigenvalue weighted by molar-refractivity contribution is 0.0697. The van der Waals surface area contributed by atoms with Gasteiger partial charge in [0.1, 0.15) is 0 Å². The maximum atomic E-state index is 13.1. The number of hydrogen-bond donors (Lipinski definition) is 0. The fourth-order valence-corrected chi connectivity index (χ4v) is 4.78. The van der Waals surface area contributed by atoms with E-state index in [9.17, 15) is 13.2 Å². The topological polar surface area (TPSA) is 54.5 Å². The van der Waals surface area contributed by atoms with Crippen LogP contribution in [0.4, 0.5) is 0 Å². The molecule has 0 aliphatic carbocycles. The van der Waals surface area contributed by atoms with E-state index in [-0.39, 0.29) is 17.4 Å². The Kier molecular flexibility index (Phi) is 4.71. The largest absolute Gasteiger partial charge is 0.331 e. The highest BCUT2D eigenvalue weighted by Gasteiger charge is 2.33. The SMILES string of the molecule is Cc1ccccc1C(=O)N1CCCS(=O)(=O)CC1c1ccccc1. The first-order chi connectivity index (χ1) is 11.5. The van der Waals surface area contributed by atoms with Gasteiger partial charge in [0.25, 0.3) is 5.91 Å². The molecule has 0 N–H and O–H groups in total. The van der Waals surface area contributed by atoms with E-state index in [0.717, 1.165) is 11.1 Å². The van der Waals surface area contributed by atoms with E-state index in [1.54, 1.807) is 11.0 Å². The van der Waals surface area contributed by atoms with Gasteiger partial charge in [0.05, 0.1) is 17.5 Å². The molecule has 4 nitrogen and oxygen atoms in total. The molecule has 1 saturated heterocycles. The summed E-state index contributed by atoms with van der Waals surface area (Å²) in [7, 11) is -3.17. The van der Waals surface area contributed by atoms with Gasteiger partial charge in [-0.3, -0.25) is 4.79 Å². The van der Waals surface area contributed by atoms with Gasteiger partial charge in [-0.1, -0.05) is 48.5 Å².